The molecule has 1 aromatic rings. The topological polar surface area (TPSA) is 93.7 Å². The summed E-state index contributed by atoms with van der Waals surface area (Å²) in [4.78, 5) is 45.0. The maximum Gasteiger partial charge on any atom is 0.252 e. The number of aldehydes is 1. The van der Waals surface area contributed by atoms with E-state index in [1.54, 1.807) is 0 Å². The molecule has 0 aliphatic carbocycles. The molecule has 0 atom stereocenters. The Labute approximate surface area is 154 Å². The summed E-state index contributed by atoms with van der Waals surface area (Å²) in [5.41, 5.74) is 0.815. The molecule has 0 heterocycles. The van der Waals surface area contributed by atoms with E-state index in [1.165, 1.54) is 25.2 Å². The number of benzene rings is 1. The lowest BCUT2D eigenvalue weighted by molar-refractivity contribution is -0.294. The van der Waals surface area contributed by atoms with Gasteiger partial charge in [-0.1, -0.05) is 25.8 Å². The van der Waals surface area contributed by atoms with E-state index in [1.807, 2.05) is 6.92 Å². The molecule has 0 bridgehead atoms. The van der Waals surface area contributed by atoms with E-state index in [-0.39, 0.29) is 22.9 Å². The maximum absolute atomic E-state index is 12.3. The zero-order chi connectivity index (χ0) is 19.2. The van der Waals surface area contributed by atoms with Gasteiger partial charge in [0.25, 0.3) is 11.8 Å². The molecular formula is C19H28N2O5. The summed E-state index contributed by atoms with van der Waals surface area (Å²) < 4.78 is 0. The first-order chi connectivity index (χ1) is 12.6. The van der Waals surface area contributed by atoms with Gasteiger partial charge in [0.1, 0.15) is 0 Å². The van der Waals surface area contributed by atoms with Crippen LogP contribution in [0.15, 0.2) is 18.2 Å². The van der Waals surface area contributed by atoms with Gasteiger partial charge >= 0.3 is 0 Å². The number of rotatable bonds is 13. The highest BCUT2D eigenvalue weighted by molar-refractivity contribution is 6.04. The lowest BCUT2D eigenvalue weighted by atomic mass is 10.0. The highest BCUT2D eigenvalue weighted by Crippen LogP contribution is 2.11. The van der Waals surface area contributed by atoms with Gasteiger partial charge in [-0.15, -0.1) is 0 Å². The Morgan fingerprint density at radius 3 is 2.46 bits per heavy atom. The normalized spacial score (nSPS) is 10.4. The van der Waals surface area contributed by atoms with Gasteiger partial charge in [0, 0.05) is 24.7 Å². The Balaban J connectivity index is 2.34. The monoisotopic (exact) mass is 364 g/mol. The summed E-state index contributed by atoms with van der Waals surface area (Å²) in [5.74, 6) is -0.657. The maximum atomic E-state index is 12.3. The molecule has 0 unspecified atom stereocenters. The van der Waals surface area contributed by atoms with Crippen LogP contribution in [-0.4, -0.2) is 44.9 Å². The lowest BCUT2D eigenvalue weighted by Crippen LogP contribution is -2.26. The van der Waals surface area contributed by atoms with Crippen LogP contribution in [0.1, 0.15) is 70.1 Å². The SMILES string of the molecule is CCCOOCCCCCCNC(=O)c1cc(C(=O)NC)ccc1C=O. The highest BCUT2D eigenvalue weighted by atomic mass is 17.2. The molecule has 0 spiro atoms. The van der Waals surface area contributed by atoms with Crippen LogP contribution in [0.25, 0.3) is 0 Å². The van der Waals surface area contributed by atoms with E-state index in [0.29, 0.717) is 31.6 Å². The quantitative estimate of drug-likeness (QED) is 0.243. The Morgan fingerprint density at radius 1 is 1.04 bits per heavy atom. The van der Waals surface area contributed by atoms with E-state index in [9.17, 15) is 14.4 Å². The number of unbranched alkanes of at least 4 members (excludes halogenated alkanes) is 3. The third-order valence-electron chi connectivity index (χ3n) is 3.72. The van der Waals surface area contributed by atoms with Crippen molar-refractivity contribution in [2.75, 3.05) is 26.8 Å². The van der Waals surface area contributed by atoms with Crippen molar-refractivity contribution < 1.29 is 24.2 Å². The lowest BCUT2D eigenvalue weighted by Gasteiger charge is -2.09. The number of carbonyl (C=O) groups is 3. The first-order valence-corrected chi connectivity index (χ1v) is 8.98. The van der Waals surface area contributed by atoms with Crippen molar-refractivity contribution in [3.05, 3.63) is 34.9 Å². The molecule has 0 aromatic heterocycles. The van der Waals surface area contributed by atoms with Crippen LogP contribution in [0.5, 0.6) is 0 Å². The van der Waals surface area contributed by atoms with Crippen molar-refractivity contribution in [2.45, 2.75) is 39.0 Å². The summed E-state index contributed by atoms with van der Waals surface area (Å²) in [5, 5.41) is 5.29. The molecule has 2 N–H and O–H groups in total. The summed E-state index contributed by atoms with van der Waals surface area (Å²) in [6.45, 7) is 3.70. The van der Waals surface area contributed by atoms with Crippen LogP contribution in [0.3, 0.4) is 0 Å². The van der Waals surface area contributed by atoms with Gasteiger partial charge in [0.2, 0.25) is 0 Å². The molecule has 1 rings (SSSR count). The highest BCUT2D eigenvalue weighted by Gasteiger charge is 2.14. The van der Waals surface area contributed by atoms with Gasteiger partial charge in [-0.05, 0) is 31.4 Å². The Kier molecular flexibility index (Phi) is 10.9. The number of nitrogens with one attached hydrogen (secondary N) is 2. The fourth-order valence-electron chi connectivity index (χ4n) is 2.28. The molecule has 0 aliphatic heterocycles. The number of hydrogen-bond donors (Lipinski definition) is 2. The molecule has 0 saturated heterocycles. The molecule has 0 aliphatic rings. The van der Waals surface area contributed by atoms with Crippen LogP contribution >= 0.6 is 0 Å². The predicted octanol–water partition coefficient (Wildman–Crippen LogP) is 2.51. The van der Waals surface area contributed by atoms with Crippen LogP contribution in [-0.2, 0) is 9.78 Å². The minimum atomic E-state index is -0.353. The van der Waals surface area contributed by atoms with E-state index in [4.69, 9.17) is 9.78 Å². The van der Waals surface area contributed by atoms with Crippen molar-refractivity contribution in [3.63, 3.8) is 0 Å². The summed E-state index contributed by atoms with van der Waals surface area (Å²) >= 11 is 0. The van der Waals surface area contributed by atoms with Crippen molar-refractivity contribution in [3.8, 4) is 0 Å². The minimum absolute atomic E-state index is 0.211. The number of amides is 2. The van der Waals surface area contributed by atoms with Crippen LogP contribution in [0.4, 0.5) is 0 Å². The molecule has 1 aromatic carbocycles. The van der Waals surface area contributed by atoms with Crippen molar-refractivity contribution in [2.24, 2.45) is 0 Å². The summed E-state index contributed by atoms with van der Waals surface area (Å²) in [7, 11) is 1.51. The number of hydrogen-bond acceptors (Lipinski definition) is 5. The van der Waals surface area contributed by atoms with Gasteiger partial charge in [-0.25, -0.2) is 9.78 Å². The van der Waals surface area contributed by atoms with E-state index in [2.05, 4.69) is 10.6 Å². The Bertz CT molecular complexity index is 589. The van der Waals surface area contributed by atoms with Crippen molar-refractivity contribution in [1.29, 1.82) is 0 Å². The number of carbonyl (C=O) groups excluding carboxylic acids is 3. The second-order valence-electron chi connectivity index (χ2n) is 5.81. The summed E-state index contributed by atoms with van der Waals surface area (Å²) in [6.07, 6.45) is 5.21. The van der Waals surface area contributed by atoms with Crippen LogP contribution in [0, 0.1) is 0 Å². The van der Waals surface area contributed by atoms with Gasteiger partial charge in [-0.3, -0.25) is 14.4 Å². The standard InChI is InChI=1S/C19H28N2O5/c1-3-11-25-26-12-7-5-4-6-10-21-19(24)17-13-15(18(23)20-2)8-9-16(17)14-22/h8-9,13-14H,3-7,10-12H2,1-2H3,(H,20,23)(H,21,24). The average Bonchev–Trinajstić information content (AvgIpc) is 2.68. The van der Waals surface area contributed by atoms with Crippen LogP contribution < -0.4 is 10.6 Å². The van der Waals surface area contributed by atoms with E-state index >= 15 is 0 Å². The van der Waals surface area contributed by atoms with Crippen molar-refractivity contribution >= 4 is 18.1 Å². The second-order valence-corrected chi connectivity index (χ2v) is 5.81. The Morgan fingerprint density at radius 2 is 1.77 bits per heavy atom. The first-order valence-electron chi connectivity index (χ1n) is 8.98. The molecule has 26 heavy (non-hydrogen) atoms. The molecule has 0 saturated carbocycles. The van der Waals surface area contributed by atoms with E-state index < -0.39 is 0 Å². The van der Waals surface area contributed by atoms with Gasteiger partial charge < -0.3 is 10.6 Å². The zero-order valence-electron chi connectivity index (χ0n) is 15.5. The molecule has 144 valence electrons. The Hall–Kier alpha value is -2.25. The van der Waals surface area contributed by atoms with Crippen molar-refractivity contribution in [1.82, 2.24) is 10.6 Å². The molecule has 7 nitrogen and oxygen atoms in total. The fraction of sp³-hybridized carbons (Fsp3) is 0.526. The fourth-order valence-corrected chi connectivity index (χ4v) is 2.28. The molecule has 0 fully saturated rings. The zero-order valence-corrected chi connectivity index (χ0v) is 15.5. The minimum Gasteiger partial charge on any atom is -0.355 e. The molecular weight excluding hydrogens is 336 g/mol. The molecule has 7 heteroatoms. The third-order valence-corrected chi connectivity index (χ3v) is 3.72. The largest absolute Gasteiger partial charge is 0.355 e. The predicted molar refractivity (Wildman–Crippen MR) is 98.2 cm³/mol. The smallest absolute Gasteiger partial charge is 0.252 e. The second kappa shape index (κ2) is 13.0. The van der Waals surface area contributed by atoms with Gasteiger partial charge in [0.05, 0.1) is 18.8 Å². The average molecular weight is 364 g/mol. The van der Waals surface area contributed by atoms with Gasteiger partial charge in [-0.2, -0.15) is 0 Å². The first kappa shape index (κ1) is 21.8. The molecule has 0 radical (unpaired) electrons. The van der Waals surface area contributed by atoms with E-state index in [0.717, 1.165) is 32.1 Å². The molecule has 2 amide bonds. The third kappa shape index (κ3) is 7.76. The van der Waals surface area contributed by atoms with Crippen LogP contribution in [0.2, 0.25) is 0 Å². The summed E-state index contributed by atoms with van der Waals surface area (Å²) in [6, 6.07) is 4.43. The van der Waals surface area contributed by atoms with Gasteiger partial charge in [0.15, 0.2) is 6.29 Å².